The number of hydrogen-bond donors (Lipinski definition) is 3. The first-order valence-electron chi connectivity index (χ1n) is 11.5. The van der Waals surface area contributed by atoms with E-state index in [9.17, 15) is 15.6 Å². The number of rotatable bonds is 4. The lowest BCUT2D eigenvalue weighted by molar-refractivity contribution is 0.373. The van der Waals surface area contributed by atoms with E-state index >= 15 is 0 Å². The predicted octanol–water partition coefficient (Wildman–Crippen LogP) is 6.50. The highest BCUT2D eigenvalue weighted by molar-refractivity contribution is 6.02. The number of methoxy groups -OCH3 is 1. The first kappa shape index (κ1) is 22.0. The Labute approximate surface area is 211 Å². The molecule has 0 atom stereocenters. The normalized spacial score (nSPS) is 10.9. The Hall–Kier alpha value is -5.53. The number of aromatic hydroxyl groups is 1. The number of fused-ring (bicyclic) bond motifs is 2. The number of nitrogens with zero attached hydrogens (tertiary/aromatic N) is 3. The predicted molar refractivity (Wildman–Crippen MR) is 142 cm³/mol. The first-order valence-corrected chi connectivity index (χ1v) is 11.5. The Bertz CT molecular complexity index is 1810. The third-order valence-electron chi connectivity index (χ3n) is 6.58. The van der Waals surface area contributed by atoms with E-state index in [0.717, 1.165) is 32.9 Å². The maximum atomic E-state index is 10.6. The van der Waals surface area contributed by atoms with Crippen LogP contribution in [0.5, 0.6) is 11.5 Å². The third kappa shape index (κ3) is 3.38. The molecule has 3 N–H and O–H groups in total. The summed E-state index contributed by atoms with van der Waals surface area (Å²) < 4.78 is 5.21. The number of phenolic OH excluding ortho intramolecular Hbond substituents is 1. The fourth-order valence-corrected chi connectivity index (χ4v) is 4.86. The zero-order valence-corrected chi connectivity index (χ0v) is 19.7. The monoisotopic (exact) mass is 481 g/mol. The van der Waals surface area contributed by atoms with Gasteiger partial charge in [-0.15, -0.1) is 0 Å². The molecule has 0 bridgehead atoms. The fraction of sp³-hybridized carbons (Fsp3) is 0.0333. The Morgan fingerprint density at radius 2 is 1.32 bits per heavy atom. The third-order valence-corrected chi connectivity index (χ3v) is 6.58. The van der Waals surface area contributed by atoms with Gasteiger partial charge < -0.3 is 19.8 Å². The molecule has 0 amide bonds. The van der Waals surface area contributed by atoms with Crippen LogP contribution < -0.4 is 4.74 Å². The number of phenols is 1. The molecule has 6 aromatic rings. The van der Waals surface area contributed by atoms with Gasteiger partial charge >= 0.3 is 0 Å². The topological polar surface area (TPSA) is 122 Å². The number of nitrogens with one attached hydrogen (secondary N) is 2. The van der Waals surface area contributed by atoms with Crippen molar-refractivity contribution in [2.75, 3.05) is 7.11 Å². The molecule has 0 aliphatic carbocycles. The van der Waals surface area contributed by atoms with Crippen molar-refractivity contribution in [2.45, 2.75) is 0 Å². The second-order valence-electron chi connectivity index (χ2n) is 8.54. The van der Waals surface area contributed by atoms with Gasteiger partial charge in [0.1, 0.15) is 12.1 Å². The van der Waals surface area contributed by atoms with Crippen LogP contribution >= 0.6 is 0 Å². The van der Waals surface area contributed by atoms with Gasteiger partial charge in [0.15, 0.2) is 11.5 Å². The molecule has 0 unspecified atom stereocenters. The van der Waals surface area contributed by atoms with Crippen LogP contribution in [0.4, 0.5) is 0 Å². The first-order chi connectivity index (χ1) is 18.1. The number of nitriles is 2. The van der Waals surface area contributed by atoms with Gasteiger partial charge in [-0.05, 0) is 29.8 Å². The lowest BCUT2D eigenvalue weighted by Gasteiger charge is -2.16. The van der Waals surface area contributed by atoms with Gasteiger partial charge in [-0.3, -0.25) is 0 Å². The highest BCUT2D eigenvalue weighted by Gasteiger charge is 2.26. The minimum Gasteiger partial charge on any atom is -0.504 e. The van der Waals surface area contributed by atoms with Gasteiger partial charge in [0, 0.05) is 50.9 Å². The zero-order chi connectivity index (χ0) is 25.5. The maximum Gasteiger partial charge on any atom is 0.160 e. The van der Waals surface area contributed by atoms with Crippen molar-refractivity contribution in [1.29, 1.82) is 10.5 Å². The molecule has 6 rings (SSSR count). The lowest BCUT2D eigenvalue weighted by Crippen LogP contribution is -2.01. The van der Waals surface area contributed by atoms with Crippen LogP contribution in [-0.4, -0.2) is 27.2 Å². The molecule has 7 nitrogen and oxygen atoms in total. The van der Waals surface area contributed by atoms with E-state index in [-0.39, 0.29) is 16.9 Å². The second-order valence-corrected chi connectivity index (χ2v) is 8.54. The quantitative estimate of drug-likeness (QED) is 0.265. The van der Waals surface area contributed by atoms with E-state index in [2.05, 4.69) is 22.1 Å². The minimum atomic E-state index is -0.0909. The van der Waals surface area contributed by atoms with E-state index in [1.165, 1.54) is 13.2 Å². The number of para-hydroxylation sites is 2. The smallest absolute Gasteiger partial charge is 0.160 e. The molecule has 0 aliphatic rings. The van der Waals surface area contributed by atoms with Crippen molar-refractivity contribution in [3.05, 3.63) is 90.3 Å². The molecule has 7 heteroatoms. The van der Waals surface area contributed by atoms with Gasteiger partial charge in [-0.25, -0.2) is 4.98 Å². The zero-order valence-electron chi connectivity index (χ0n) is 19.7. The average molecular weight is 482 g/mol. The van der Waals surface area contributed by atoms with E-state index in [1.54, 1.807) is 12.1 Å². The molecule has 3 heterocycles. The summed E-state index contributed by atoms with van der Waals surface area (Å²) in [6, 6.07) is 25.0. The molecule has 0 aliphatic heterocycles. The van der Waals surface area contributed by atoms with Gasteiger partial charge in [0.2, 0.25) is 0 Å². The molecule has 0 spiro atoms. The molecular weight excluding hydrogens is 462 g/mol. The molecule has 0 radical (unpaired) electrons. The van der Waals surface area contributed by atoms with Crippen LogP contribution in [0.25, 0.3) is 55.4 Å². The van der Waals surface area contributed by atoms with Crippen LogP contribution in [-0.2, 0) is 0 Å². The summed E-state index contributed by atoms with van der Waals surface area (Å²) in [5.74, 6) is 0.204. The molecule has 3 aromatic carbocycles. The maximum absolute atomic E-state index is 10.6. The number of hydrogen-bond acceptors (Lipinski definition) is 5. The highest BCUT2D eigenvalue weighted by atomic mass is 16.5. The van der Waals surface area contributed by atoms with E-state index < -0.39 is 0 Å². The Kier molecular flexibility index (Phi) is 5.11. The summed E-state index contributed by atoms with van der Waals surface area (Å²) in [5, 5.41) is 33.2. The summed E-state index contributed by atoms with van der Waals surface area (Å²) in [5.41, 5.74) is 5.61. The summed E-state index contributed by atoms with van der Waals surface area (Å²) >= 11 is 0. The van der Waals surface area contributed by atoms with Crippen molar-refractivity contribution in [3.63, 3.8) is 0 Å². The largest absolute Gasteiger partial charge is 0.504 e. The molecular formula is C30H19N5O2. The lowest BCUT2D eigenvalue weighted by atomic mass is 9.89. The molecule has 0 saturated heterocycles. The SMILES string of the molecule is COc1ccc(-c2c(C#N)c(-c3c[nH]c4ccccc34)nc(-c3c[nH]c4ccccc34)c2C#N)cc1O. The van der Waals surface area contributed by atoms with Crippen LogP contribution in [0.1, 0.15) is 11.1 Å². The summed E-state index contributed by atoms with van der Waals surface area (Å²) in [7, 11) is 1.47. The molecule has 37 heavy (non-hydrogen) atoms. The van der Waals surface area contributed by atoms with Crippen LogP contribution in [0.2, 0.25) is 0 Å². The molecule has 176 valence electrons. The second kappa shape index (κ2) is 8.60. The number of aromatic nitrogens is 3. The van der Waals surface area contributed by atoms with Crippen molar-refractivity contribution in [3.8, 4) is 57.3 Å². The Morgan fingerprint density at radius 1 is 0.784 bits per heavy atom. The van der Waals surface area contributed by atoms with Crippen molar-refractivity contribution in [2.24, 2.45) is 0 Å². The molecule has 0 saturated carbocycles. The highest BCUT2D eigenvalue weighted by Crippen LogP contribution is 2.43. The van der Waals surface area contributed by atoms with Crippen LogP contribution in [0.3, 0.4) is 0 Å². The van der Waals surface area contributed by atoms with Crippen molar-refractivity contribution in [1.82, 2.24) is 15.0 Å². The number of pyridine rings is 1. The van der Waals surface area contributed by atoms with Gasteiger partial charge in [-0.2, -0.15) is 10.5 Å². The van der Waals surface area contributed by atoms with Crippen molar-refractivity contribution >= 4 is 21.8 Å². The number of aromatic amines is 2. The number of ether oxygens (including phenoxy) is 1. The Morgan fingerprint density at radius 3 is 1.81 bits per heavy atom. The van der Waals surface area contributed by atoms with Crippen molar-refractivity contribution < 1.29 is 9.84 Å². The van der Waals surface area contributed by atoms with Gasteiger partial charge in [0.25, 0.3) is 0 Å². The van der Waals surface area contributed by atoms with Crippen LogP contribution in [0, 0.1) is 22.7 Å². The van der Waals surface area contributed by atoms with E-state index in [1.807, 2.05) is 60.9 Å². The molecule has 0 fully saturated rings. The van der Waals surface area contributed by atoms with E-state index in [4.69, 9.17) is 9.72 Å². The summed E-state index contributed by atoms with van der Waals surface area (Å²) in [6.45, 7) is 0. The fourth-order valence-electron chi connectivity index (χ4n) is 4.86. The van der Waals surface area contributed by atoms with Gasteiger partial charge in [0.05, 0.1) is 29.6 Å². The average Bonchev–Trinajstić information content (AvgIpc) is 3.56. The van der Waals surface area contributed by atoms with Crippen LogP contribution in [0.15, 0.2) is 79.1 Å². The number of benzene rings is 3. The standard InChI is InChI=1S/C30H19N5O2/c1-37-27-11-10-17(12-26(27)36)28-20(13-31)29(22-15-33-24-8-4-2-6-18(22)24)35-30(21(28)14-32)23-16-34-25-9-5-3-7-19(23)25/h2-12,15-16,33-34,36H,1H3. The van der Waals surface area contributed by atoms with Gasteiger partial charge in [-0.1, -0.05) is 42.5 Å². The summed E-state index contributed by atoms with van der Waals surface area (Å²) in [6.07, 6.45) is 3.66. The number of H-pyrrole nitrogens is 2. The minimum absolute atomic E-state index is 0.0909. The molecule has 3 aromatic heterocycles. The summed E-state index contributed by atoms with van der Waals surface area (Å²) in [4.78, 5) is 11.5. The Balaban J connectivity index is 1.76. The van der Waals surface area contributed by atoms with E-state index in [0.29, 0.717) is 28.3 Å².